The molecular formula is C17H31N5O2. The number of piperazine rings is 1. The van der Waals surface area contributed by atoms with Gasteiger partial charge in [0, 0.05) is 51.4 Å². The van der Waals surface area contributed by atoms with E-state index < -0.39 is 0 Å². The number of hydrogen-bond acceptors (Lipinski definition) is 5. The SMILES string of the molecule is CCN1CCN([C@H](C)CNC(=O)N(C)Cc2c(C)noc2C)CC1. The molecule has 1 fully saturated rings. The van der Waals surface area contributed by atoms with Gasteiger partial charge in [-0.05, 0) is 27.3 Å². The molecule has 7 nitrogen and oxygen atoms in total. The van der Waals surface area contributed by atoms with Gasteiger partial charge in [0.2, 0.25) is 0 Å². The molecule has 0 bridgehead atoms. The fraction of sp³-hybridized carbons (Fsp3) is 0.765. The highest BCUT2D eigenvalue weighted by molar-refractivity contribution is 5.73. The molecule has 1 N–H and O–H groups in total. The van der Waals surface area contributed by atoms with Gasteiger partial charge in [0.1, 0.15) is 5.76 Å². The number of aryl methyl sites for hydroxylation is 2. The monoisotopic (exact) mass is 337 g/mol. The van der Waals surface area contributed by atoms with Crippen LogP contribution in [0.25, 0.3) is 0 Å². The summed E-state index contributed by atoms with van der Waals surface area (Å²) in [6.07, 6.45) is 0. The van der Waals surface area contributed by atoms with Crippen molar-refractivity contribution in [1.82, 2.24) is 25.2 Å². The van der Waals surface area contributed by atoms with E-state index in [0.717, 1.165) is 49.7 Å². The Balaban J connectivity index is 1.76. The topological polar surface area (TPSA) is 64.8 Å². The normalized spacial score (nSPS) is 17.7. The van der Waals surface area contributed by atoms with Crippen LogP contribution in [0.1, 0.15) is 30.9 Å². The predicted molar refractivity (Wildman–Crippen MR) is 94.0 cm³/mol. The Morgan fingerprint density at radius 2 is 2.00 bits per heavy atom. The van der Waals surface area contributed by atoms with E-state index in [9.17, 15) is 4.79 Å². The van der Waals surface area contributed by atoms with Gasteiger partial charge >= 0.3 is 6.03 Å². The van der Waals surface area contributed by atoms with Gasteiger partial charge in [0.25, 0.3) is 0 Å². The highest BCUT2D eigenvalue weighted by Gasteiger charge is 2.21. The number of urea groups is 1. The first-order valence-electron chi connectivity index (χ1n) is 8.79. The number of nitrogens with zero attached hydrogens (tertiary/aromatic N) is 4. The van der Waals surface area contributed by atoms with Crippen molar-refractivity contribution in [2.24, 2.45) is 0 Å². The Labute approximate surface area is 144 Å². The minimum atomic E-state index is -0.0611. The van der Waals surface area contributed by atoms with E-state index in [4.69, 9.17) is 4.52 Å². The number of likely N-dealkylation sites (N-methyl/N-ethyl adjacent to an activating group) is 1. The molecule has 1 atom stereocenters. The average Bonchev–Trinajstić information content (AvgIpc) is 2.91. The summed E-state index contributed by atoms with van der Waals surface area (Å²) >= 11 is 0. The summed E-state index contributed by atoms with van der Waals surface area (Å²) in [4.78, 5) is 18.9. The van der Waals surface area contributed by atoms with E-state index >= 15 is 0 Å². The lowest BCUT2D eigenvalue weighted by Gasteiger charge is -2.37. The molecule has 0 saturated carbocycles. The van der Waals surface area contributed by atoms with Crippen LogP contribution in [-0.4, -0.2) is 78.2 Å². The van der Waals surface area contributed by atoms with E-state index in [1.807, 2.05) is 13.8 Å². The Kier molecular flexibility index (Phi) is 6.62. The number of amides is 2. The van der Waals surface area contributed by atoms with E-state index in [-0.39, 0.29) is 6.03 Å². The summed E-state index contributed by atoms with van der Waals surface area (Å²) in [5, 5.41) is 6.97. The van der Waals surface area contributed by atoms with Crippen LogP contribution in [0.2, 0.25) is 0 Å². The molecule has 0 aliphatic carbocycles. The largest absolute Gasteiger partial charge is 0.361 e. The summed E-state index contributed by atoms with van der Waals surface area (Å²) in [5.41, 5.74) is 1.82. The lowest BCUT2D eigenvalue weighted by Crippen LogP contribution is -2.52. The molecule has 0 aromatic carbocycles. The molecule has 1 aliphatic heterocycles. The number of carbonyl (C=O) groups is 1. The first kappa shape index (κ1) is 18.7. The summed E-state index contributed by atoms with van der Waals surface area (Å²) in [7, 11) is 1.80. The molecule has 1 aliphatic rings. The van der Waals surface area contributed by atoms with E-state index in [0.29, 0.717) is 19.1 Å². The van der Waals surface area contributed by atoms with Gasteiger partial charge in [-0.15, -0.1) is 0 Å². The smallest absolute Gasteiger partial charge is 0.317 e. The third kappa shape index (κ3) is 4.70. The molecule has 136 valence electrons. The highest BCUT2D eigenvalue weighted by atomic mass is 16.5. The second-order valence-corrected chi connectivity index (χ2v) is 6.66. The predicted octanol–water partition coefficient (Wildman–Crippen LogP) is 1.46. The van der Waals surface area contributed by atoms with Gasteiger partial charge in [-0.1, -0.05) is 12.1 Å². The van der Waals surface area contributed by atoms with Crippen LogP contribution < -0.4 is 5.32 Å². The molecule has 2 heterocycles. The molecule has 24 heavy (non-hydrogen) atoms. The fourth-order valence-corrected chi connectivity index (χ4v) is 3.06. The highest BCUT2D eigenvalue weighted by Crippen LogP contribution is 2.14. The number of aromatic nitrogens is 1. The fourth-order valence-electron chi connectivity index (χ4n) is 3.06. The standard InChI is InChI=1S/C17H31N5O2/c1-6-21-7-9-22(10-8-21)13(2)11-18-17(23)20(5)12-16-14(3)19-24-15(16)4/h13H,6-12H2,1-5H3,(H,18,23)/t13-/m1/s1. The van der Waals surface area contributed by atoms with Crippen LogP contribution in [0, 0.1) is 13.8 Å². The van der Waals surface area contributed by atoms with Crippen LogP contribution >= 0.6 is 0 Å². The lowest BCUT2D eigenvalue weighted by atomic mass is 10.2. The Bertz CT molecular complexity index is 518. The van der Waals surface area contributed by atoms with Crippen molar-refractivity contribution in [1.29, 1.82) is 0 Å². The molecule has 0 unspecified atom stereocenters. The van der Waals surface area contributed by atoms with E-state index in [1.165, 1.54) is 0 Å². The van der Waals surface area contributed by atoms with Crippen LogP contribution in [0.3, 0.4) is 0 Å². The van der Waals surface area contributed by atoms with Crippen LogP contribution in [-0.2, 0) is 6.54 Å². The van der Waals surface area contributed by atoms with Gasteiger partial charge in [-0.25, -0.2) is 4.79 Å². The molecule has 0 spiro atoms. The zero-order valence-corrected chi connectivity index (χ0v) is 15.6. The second kappa shape index (κ2) is 8.48. The lowest BCUT2D eigenvalue weighted by molar-refractivity contribution is 0.105. The third-order valence-electron chi connectivity index (χ3n) is 4.95. The summed E-state index contributed by atoms with van der Waals surface area (Å²) in [6.45, 7) is 14.8. The number of carbonyl (C=O) groups excluding carboxylic acids is 1. The molecular weight excluding hydrogens is 306 g/mol. The first-order chi connectivity index (χ1) is 11.4. The maximum absolute atomic E-state index is 12.3. The van der Waals surface area contributed by atoms with E-state index in [1.54, 1.807) is 11.9 Å². The van der Waals surface area contributed by atoms with E-state index in [2.05, 4.69) is 34.1 Å². The molecule has 1 aromatic rings. The van der Waals surface area contributed by atoms with Crippen molar-refractivity contribution in [3.63, 3.8) is 0 Å². The maximum atomic E-state index is 12.3. The molecule has 1 aromatic heterocycles. The van der Waals surface area contributed by atoms with Crippen molar-refractivity contribution in [2.75, 3.05) is 46.3 Å². The summed E-state index contributed by atoms with van der Waals surface area (Å²) in [6, 6.07) is 0.287. The summed E-state index contributed by atoms with van der Waals surface area (Å²) < 4.78 is 5.15. The van der Waals surface area contributed by atoms with Gasteiger partial charge in [0.05, 0.1) is 12.2 Å². The Hall–Kier alpha value is -1.60. The molecule has 1 saturated heterocycles. The van der Waals surface area contributed by atoms with Gasteiger partial charge in [0.15, 0.2) is 0 Å². The summed E-state index contributed by atoms with van der Waals surface area (Å²) in [5.74, 6) is 0.773. The zero-order chi connectivity index (χ0) is 17.7. The minimum Gasteiger partial charge on any atom is -0.361 e. The van der Waals surface area contributed by atoms with Gasteiger partial charge in [-0.3, -0.25) is 4.90 Å². The van der Waals surface area contributed by atoms with Crippen molar-refractivity contribution in [3.8, 4) is 0 Å². The van der Waals surface area contributed by atoms with Crippen LogP contribution in [0.5, 0.6) is 0 Å². The van der Waals surface area contributed by atoms with Crippen molar-refractivity contribution >= 4 is 6.03 Å². The molecule has 2 rings (SSSR count). The first-order valence-corrected chi connectivity index (χ1v) is 8.79. The second-order valence-electron chi connectivity index (χ2n) is 6.66. The quantitative estimate of drug-likeness (QED) is 0.851. The number of rotatable bonds is 6. The van der Waals surface area contributed by atoms with Crippen molar-refractivity contribution < 1.29 is 9.32 Å². The van der Waals surface area contributed by atoms with Gasteiger partial charge < -0.3 is 19.6 Å². The zero-order valence-electron chi connectivity index (χ0n) is 15.6. The van der Waals surface area contributed by atoms with Gasteiger partial charge in [-0.2, -0.15) is 0 Å². The Morgan fingerprint density at radius 1 is 1.33 bits per heavy atom. The maximum Gasteiger partial charge on any atom is 0.317 e. The van der Waals surface area contributed by atoms with Crippen LogP contribution in [0.15, 0.2) is 4.52 Å². The molecule has 0 radical (unpaired) electrons. The Morgan fingerprint density at radius 3 is 2.54 bits per heavy atom. The average molecular weight is 337 g/mol. The molecule has 7 heteroatoms. The molecule has 2 amide bonds. The van der Waals surface area contributed by atoms with Crippen molar-refractivity contribution in [2.45, 2.75) is 40.3 Å². The minimum absolute atomic E-state index is 0.0611. The van der Waals surface area contributed by atoms with Crippen molar-refractivity contribution in [3.05, 3.63) is 17.0 Å². The van der Waals surface area contributed by atoms with Crippen LogP contribution in [0.4, 0.5) is 4.79 Å². The number of hydrogen-bond donors (Lipinski definition) is 1. The number of nitrogens with one attached hydrogen (secondary N) is 1. The third-order valence-corrected chi connectivity index (χ3v) is 4.95.